The summed E-state index contributed by atoms with van der Waals surface area (Å²) in [5.41, 5.74) is 7.15. The Morgan fingerprint density at radius 2 is 1.92 bits per heavy atom. The van der Waals surface area contributed by atoms with Gasteiger partial charge in [0.1, 0.15) is 5.75 Å². The van der Waals surface area contributed by atoms with E-state index >= 15 is 0 Å². The second-order valence-corrected chi connectivity index (χ2v) is 6.37. The number of carbonyl (C=O) groups is 1. The monoisotopic (exact) mass is 417 g/mol. The molecular weight excluding hydrogens is 402 g/mol. The standard InChI is InChI=1S/C18H16BrN3O4/c1-10(25-18(23)14-9-12(19)5-8-15(14)20)16-21-22-17(26-16)11-3-6-13(24-2)7-4-11/h3-10H,20H2,1-2H3. The fourth-order valence-electron chi connectivity index (χ4n) is 2.23. The lowest BCUT2D eigenvalue weighted by molar-refractivity contribution is 0.0281. The molecule has 8 heteroatoms. The van der Waals surface area contributed by atoms with E-state index in [2.05, 4.69) is 26.1 Å². The lowest BCUT2D eigenvalue weighted by Gasteiger charge is -2.11. The van der Waals surface area contributed by atoms with Crippen molar-refractivity contribution in [2.45, 2.75) is 13.0 Å². The van der Waals surface area contributed by atoms with Crippen LogP contribution in [-0.2, 0) is 4.74 Å². The maximum atomic E-state index is 12.3. The van der Waals surface area contributed by atoms with E-state index in [1.807, 2.05) is 0 Å². The molecule has 1 heterocycles. The SMILES string of the molecule is COc1ccc(-c2nnc(C(C)OC(=O)c3cc(Br)ccc3N)o2)cc1. The molecule has 0 amide bonds. The summed E-state index contributed by atoms with van der Waals surface area (Å²) >= 11 is 3.30. The van der Waals surface area contributed by atoms with E-state index < -0.39 is 12.1 Å². The van der Waals surface area contributed by atoms with Gasteiger partial charge in [0.25, 0.3) is 5.89 Å². The predicted molar refractivity (Wildman–Crippen MR) is 98.7 cm³/mol. The van der Waals surface area contributed by atoms with Crippen LogP contribution >= 0.6 is 15.9 Å². The molecule has 0 bridgehead atoms. The Balaban J connectivity index is 1.74. The molecule has 0 saturated heterocycles. The average Bonchev–Trinajstić information content (AvgIpc) is 3.14. The summed E-state index contributed by atoms with van der Waals surface area (Å²) in [6, 6.07) is 12.1. The zero-order chi connectivity index (χ0) is 18.7. The highest BCUT2D eigenvalue weighted by Crippen LogP contribution is 2.26. The number of nitrogen functional groups attached to an aromatic ring is 1. The topological polar surface area (TPSA) is 100 Å². The van der Waals surface area contributed by atoms with Crippen molar-refractivity contribution in [1.82, 2.24) is 10.2 Å². The van der Waals surface area contributed by atoms with Gasteiger partial charge in [0, 0.05) is 15.7 Å². The number of halogens is 1. The average molecular weight is 418 g/mol. The first kappa shape index (κ1) is 17.9. The molecule has 1 unspecified atom stereocenters. The van der Waals surface area contributed by atoms with Gasteiger partial charge in [-0.3, -0.25) is 0 Å². The second-order valence-electron chi connectivity index (χ2n) is 5.45. The van der Waals surface area contributed by atoms with Crippen LogP contribution in [0.3, 0.4) is 0 Å². The molecule has 0 aliphatic rings. The lowest BCUT2D eigenvalue weighted by Crippen LogP contribution is -2.11. The smallest absolute Gasteiger partial charge is 0.341 e. The minimum atomic E-state index is -0.722. The van der Waals surface area contributed by atoms with E-state index in [1.54, 1.807) is 56.5 Å². The van der Waals surface area contributed by atoms with Crippen LogP contribution in [0.25, 0.3) is 11.5 Å². The van der Waals surface area contributed by atoms with E-state index in [4.69, 9.17) is 19.6 Å². The number of nitrogens with two attached hydrogens (primary N) is 1. The maximum absolute atomic E-state index is 12.3. The van der Waals surface area contributed by atoms with Crippen molar-refractivity contribution in [2.75, 3.05) is 12.8 Å². The van der Waals surface area contributed by atoms with Crippen LogP contribution < -0.4 is 10.5 Å². The van der Waals surface area contributed by atoms with Crippen molar-refractivity contribution in [3.05, 3.63) is 58.4 Å². The number of carbonyl (C=O) groups excluding carboxylic acids is 1. The predicted octanol–water partition coefficient (Wildman–Crippen LogP) is 4.01. The van der Waals surface area contributed by atoms with E-state index in [9.17, 15) is 4.79 Å². The summed E-state index contributed by atoms with van der Waals surface area (Å²) < 4.78 is 16.8. The second kappa shape index (κ2) is 7.57. The van der Waals surface area contributed by atoms with Gasteiger partial charge in [-0.2, -0.15) is 0 Å². The molecule has 7 nitrogen and oxygen atoms in total. The molecule has 0 fully saturated rings. The Labute approximate surface area is 158 Å². The summed E-state index contributed by atoms with van der Waals surface area (Å²) in [7, 11) is 1.59. The number of hydrogen-bond acceptors (Lipinski definition) is 7. The molecule has 1 atom stereocenters. The van der Waals surface area contributed by atoms with Gasteiger partial charge in [0.05, 0.1) is 12.7 Å². The Bertz CT molecular complexity index is 924. The van der Waals surface area contributed by atoms with Gasteiger partial charge in [-0.15, -0.1) is 10.2 Å². The Morgan fingerprint density at radius 3 is 2.62 bits per heavy atom. The van der Waals surface area contributed by atoms with Crippen LogP contribution in [0.4, 0.5) is 5.69 Å². The molecule has 1 aromatic heterocycles. The van der Waals surface area contributed by atoms with Gasteiger partial charge in [0.2, 0.25) is 5.89 Å². The molecule has 2 aromatic carbocycles. The fraction of sp³-hybridized carbons (Fsp3) is 0.167. The third kappa shape index (κ3) is 3.85. The highest BCUT2D eigenvalue weighted by Gasteiger charge is 2.21. The summed E-state index contributed by atoms with van der Waals surface area (Å²) in [6.07, 6.45) is -0.722. The van der Waals surface area contributed by atoms with E-state index in [-0.39, 0.29) is 11.5 Å². The number of methoxy groups -OCH3 is 1. The first-order chi connectivity index (χ1) is 12.5. The minimum absolute atomic E-state index is 0.192. The molecule has 0 radical (unpaired) electrons. The van der Waals surface area contributed by atoms with Crippen LogP contribution in [0.2, 0.25) is 0 Å². The number of benzene rings is 2. The number of ether oxygens (including phenoxy) is 2. The van der Waals surface area contributed by atoms with Crippen molar-refractivity contribution < 1.29 is 18.7 Å². The molecule has 134 valence electrons. The summed E-state index contributed by atoms with van der Waals surface area (Å²) in [6.45, 7) is 1.65. The van der Waals surface area contributed by atoms with Gasteiger partial charge < -0.3 is 19.6 Å². The van der Waals surface area contributed by atoms with Gasteiger partial charge in [-0.1, -0.05) is 15.9 Å². The van der Waals surface area contributed by atoms with Crippen molar-refractivity contribution in [3.63, 3.8) is 0 Å². The zero-order valence-electron chi connectivity index (χ0n) is 14.1. The summed E-state index contributed by atoms with van der Waals surface area (Å²) in [5, 5.41) is 7.95. The number of rotatable bonds is 5. The summed E-state index contributed by atoms with van der Waals surface area (Å²) in [4.78, 5) is 12.3. The molecular formula is C18H16BrN3O4. The van der Waals surface area contributed by atoms with Crippen LogP contribution in [-0.4, -0.2) is 23.3 Å². The van der Waals surface area contributed by atoms with Gasteiger partial charge in [0.15, 0.2) is 6.10 Å². The molecule has 0 aliphatic heterocycles. The van der Waals surface area contributed by atoms with Crippen LogP contribution in [0, 0.1) is 0 Å². The molecule has 3 aromatic rings. The van der Waals surface area contributed by atoms with Gasteiger partial charge in [-0.05, 0) is 49.4 Å². The number of esters is 1. The highest BCUT2D eigenvalue weighted by molar-refractivity contribution is 9.10. The normalized spacial score (nSPS) is 11.8. The van der Waals surface area contributed by atoms with Crippen molar-refractivity contribution >= 4 is 27.6 Å². The first-order valence-corrected chi connectivity index (χ1v) is 8.51. The Kier molecular flexibility index (Phi) is 5.22. The van der Waals surface area contributed by atoms with Crippen LogP contribution in [0.1, 0.15) is 29.3 Å². The van der Waals surface area contributed by atoms with Crippen molar-refractivity contribution in [1.29, 1.82) is 0 Å². The number of anilines is 1. The highest BCUT2D eigenvalue weighted by atomic mass is 79.9. The van der Waals surface area contributed by atoms with Gasteiger partial charge in [-0.25, -0.2) is 4.79 Å². The quantitative estimate of drug-likeness (QED) is 0.494. The summed E-state index contributed by atoms with van der Waals surface area (Å²) in [5.74, 6) is 0.674. The molecule has 3 rings (SSSR count). The molecule has 0 spiro atoms. The molecule has 2 N–H and O–H groups in total. The molecule has 0 saturated carbocycles. The molecule has 26 heavy (non-hydrogen) atoms. The fourth-order valence-corrected chi connectivity index (χ4v) is 2.59. The van der Waals surface area contributed by atoms with E-state index in [0.29, 0.717) is 11.6 Å². The largest absolute Gasteiger partial charge is 0.497 e. The van der Waals surface area contributed by atoms with Crippen molar-refractivity contribution in [2.24, 2.45) is 0 Å². The Hall–Kier alpha value is -2.87. The first-order valence-electron chi connectivity index (χ1n) is 7.71. The van der Waals surface area contributed by atoms with Gasteiger partial charge >= 0.3 is 5.97 Å². The van der Waals surface area contributed by atoms with Crippen LogP contribution in [0.15, 0.2) is 51.4 Å². The third-order valence-corrected chi connectivity index (χ3v) is 4.14. The van der Waals surface area contributed by atoms with Crippen molar-refractivity contribution in [3.8, 4) is 17.2 Å². The third-order valence-electron chi connectivity index (χ3n) is 3.64. The van der Waals surface area contributed by atoms with Crippen LogP contribution in [0.5, 0.6) is 5.75 Å². The zero-order valence-corrected chi connectivity index (χ0v) is 15.7. The molecule has 0 aliphatic carbocycles. The maximum Gasteiger partial charge on any atom is 0.341 e. The van der Waals surface area contributed by atoms with E-state index in [1.165, 1.54) is 0 Å². The number of aromatic nitrogens is 2. The Morgan fingerprint density at radius 1 is 1.19 bits per heavy atom. The number of nitrogens with zero attached hydrogens (tertiary/aromatic N) is 2. The number of hydrogen-bond donors (Lipinski definition) is 1. The minimum Gasteiger partial charge on any atom is -0.497 e. The lowest BCUT2D eigenvalue weighted by atomic mass is 10.2. The van der Waals surface area contributed by atoms with E-state index in [0.717, 1.165) is 15.8 Å².